The molecule has 5 heteroatoms. The molecule has 0 heterocycles. The zero-order valence-electron chi connectivity index (χ0n) is 12.4. The summed E-state index contributed by atoms with van der Waals surface area (Å²) in [5.74, 6) is -0.318. The van der Waals surface area contributed by atoms with Crippen LogP contribution in [0.2, 0.25) is 0 Å². The van der Waals surface area contributed by atoms with Crippen LogP contribution in [-0.4, -0.2) is 17.9 Å². The van der Waals surface area contributed by atoms with Crippen molar-refractivity contribution in [2.24, 2.45) is 17.6 Å². The molecular formula is C15H23N3O2. The molecule has 0 spiro atoms. The zero-order chi connectivity index (χ0) is 15.3. The highest BCUT2D eigenvalue weighted by atomic mass is 16.2. The third-order valence-electron chi connectivity index (χ3n) is 2.94. The zero-order valence-corrected chi connectivity index (χ0v) is 12.4. The number of nitrogens with one attached hydrogen (secondary N) is 2. The van der Waals surface area contributed by atoms with E-state index in [4.69, 9.17) is 5.73 Å². The summed E-state index contributed by atoms with van der Waals surface area (Å²) < 4.78 is 0. The maximum atomic E-state index is 11.9. The molecule has 1 rings (SSSR count). The summed E-state index contributed by atoms with van der Waals surface area (Å²) in [7, 11) is 0. The molecule has 0 aromatic heterocycles. The molecule has 0 unspecified atom stereocenters. The Hall–Kier alpha value is -1.88. The van der Waals surface area contributed by atoms with E-state index in [0.29, 0.717) is 11.4 Å². The Labute approximate surface area is 119 Å². The van der Waals surface area contributed by atoms with Crippen molar-refractivity contribution in [3.63, 3.8) is 0 Å². The van der Waals surface area contributed by atoms with Gasteiger partial charge in [0.2, 0.25) is 11.8 Å². The van der Waals surface area contributed by atoms with Crippen LogP contribution < -0.4 is 16.4 Å². The molecule has 0 bridgehead atoms. The van der Waals surface area contributed by atoms with Gasteiger partial charge in [-0.05, 0) is 24.1 Å². The molecule has 0 aliphatic rings. The van der Waals surface area contributed by atoms with Crippen molar-refractivity contribution < 1.29 is 9.59 Å². The summed E-state index contributed by atoms with van der Waals surface area (Å²) in [6.07, 6.45) is 0. The maximum absolute atomic E-state index is 11.9. The van der Waals surface area contributed by atoms with Gasteiger partial charge in [-0.3, -0.25) is 9.59 Å². The molecule has 2 amide bonds. The lowest BCUT2D eigenvalue weighted by molar-refractivity contribution is -0.119. The van der Waals surface area contributed by atoms with Crippen molar-refractivity contribution in [1.82, 2.24) is 0 Å². The third-order valence-corrected chi connectivity index (χ3v) is 2.94. The summed E-state index contributed by atoms with van der Waals surface area (Å²) in [6, 6.07) is 6.47. The van der Waals surface area contributed by atoms with Crippen LogP contribution in [0.4, 0.5) is 11.4 Å². The van der Waals surface area contributed by atoms with Crippen LogP contribution >= 0.6 is 0 Å². The first-order valence-corrected chi connectivity index (χ1v) is 6.78. The molecule has 0 aliphatic heterocycles. The Kier molecular flexibility index (Phi) is 5.70. The predicted octanol–water partition coefficient (Wildman–Crippen LogP) is 2.20. The Balaban J connectivity index is 2.73. The minimum absolute atomic E-state index is 0.0626. The van der Waals surface area contributed by atoms with Crippen LogP contribution in [0, 0.1) is 11.8 Å². The van der Waals surface area contributed by atoms with E-state index in [0.717, 1.165) is 0 Å². The van der Waals surface area contributed by atoms with Crippen LogP contribution in [0.1, 0.15) is 27.7 Å². The monoisotopic (exact) mass is 277 g/mol. The van der Waals surface area contributed by atoms with E-state index in [1.165, 1.54) is 0 Å². The number of carbonyl (C=O) groups is 2. The highest BCUT2D eigenvalue weighted by molar-refractivity contribution is 5.96. The molecule has 1 aromatic rings. The lowest BCUT2D eigenvalue weighted by Crippen LogP contribution is -2.39. The molecule has 20 heavy (non-hydrogen) atoms. The van der Waals surface area contributed by atoms with E-state index in [9.17, 15) is 9.59 Å². The molecule has 4 N–H and O–H groups in total. The maximum Gasteiger partial charge on any atom is 0.241 e. The lowest BCUT2D eigenvalue weighted by atomic mass is 10.0. The molecule has 0 saturated carbocycles. The largest absolute Gasteiger partial charge is 0.326 e. The van der Waals surface area contributed by atoms with Crippen LogP contribution in [-0.2, 0) is 9.59 Å². The van der Waals surface area contributed by atoms with Crippen molar-refractivity contribution in [2.45, 2.75) is 33.7 Å². The number of amides is 2. The predicted molar refractivity (Wildman–Crippen MR) is 81.4 cm³/mol. The quantitative estimate of drug-likeness (QED) is 0.771. The minimum atomic E-state index is -0.552. The lowest BCUT2D eigenvalue weighted by Gasteiger charge is -2.16. The van der Waals surface area contributed by atoms with Gasteiger partial charge < -0.3 is 16.4 Å². The minimum Gasteiger partial charge on any atom is -0.326 e. The summed E-state index contributed by atoms with van der Waals surface area (Å²) in [5.41, 5.74) is 7.06. The average molecular weight is 277 g/mol. The SMILES string of the molecule is CC(C)C(=O)Nc1cccc(NC(=O)[C@@H](N)C(C)C)c1. The number of nitrogens with two attached hydrogens (primary N) is 1. The average Bonchev–Trinajstić information content (AvgIpc) is 2.37. The van der Waals surface area contributed by atoms with Gasteiger partial charge in [-0.2, -0.15) is 0 Å². The van der Waals surface area contributed by atoms with Gasteiger partial charge in [0.25, 0.3) is 0 Å². The number of carbonyl (C=O) groups excluding carboxylic acids is 2. The summed E-state index contributed by atoms with van der Waals surface area (Å²) >= 11 is 0. The van der Waals surface area contributed by atoms with Gasteiger partial charge in [0.15, 0.2) is 0 Å². The Bertz CT molecular complexity index is 484. The standard InChI is InChI=1S/C15H23N3O2/c1-9(2)13(16)15(20)18-12-7-5-6-11(8-12)17-14(19)10(3)4/h5-10,13H,16H2,1-4H3,(H,17,19)(H,18,20)/t13-/m0/s1. The summed E-state index contributed by atoms with van der Waals surface area (Å²) in [4.78, 5) is 23.5. The Morgan fingerprint density at radius 3 is 1.95 bits per heavy atom. The summed E-state index contributed by atoms with van der Waals surface area (Å²) in [5, 5.41) is 5.54. The second-order valence-corrected chi connectivity index (χ2v) is 5.48. The van der Waals surface area contributed by atoms with Gasteiger partial charge in [-0.25, -0.2) is 0 Å². The topological polar surface area (TPSA) is 84.2 Å². The van der Waals surface area contributed by atoms with Crippen LogP contribution in [0.25, 0.3) is 0 Å². The fourth-order valence-corrected chi connectivity index (χ4v) is 1.49. The molecule has 1 aromatic carbocycles. The molecule has 1 atom stereocenters. The number of rotatable bonds is 5. The first kappa shape index (κ1) is 16.2. The van der Waals surface area contributed by atoms with Crippen molar-refractivity contribution in [3.05, 3.63) is 24.3 Å². The van der Waals surface area contributed by atoms with Crippen molar-refractivity contribution in [3.8, 4) is 0 Å². The number of benzene rings is 1. The number of hydrogen-bond acceptors (Lipinski definition) is 3. The molecule has 0 saturated heterocycles. The highest BCUT2D eigenvalue weighted by Gasteiger charge is 2.17. The highest BCUT2D eigenvalue weighted by Crippen LogP contribution is 2.16. The second-order valence-electron chi connectivity index (χ2n) is 5.48. The van der Waals surface area contributed by atoms with Gasteiger partial charge in [-0.1, -0.05) is 33.8 Å². The summed E-state index contributed by atoms with van der Waals surface area (Å²) in [6.45, 7) is 7.43. The molecular weight excluding hydrogens is 254 g/mol. The van der Waals surface area contributed by atoms with Crippen LogP contribution in [0.5, 0.6) is 0 Å². The van der Waals surface area contributed by atoms with E-state index < -0.39 is 6.04 Å². The molecule has 110 valence electrons. The molecule has 0 radical (unpaired) electrons. The van der Waals surface area contributed by atoms with Gasteiger partial charge in [0, 0.05) is 17.3 Å². The molecule has 0 fully saturated rings. The first-order chi connectivity index (χ1) is 9.31. The smallest absolute Gasteiger partial charge is 0.241 e. The van der Waals surface area contributed by atoms with E-state index in [1.54, 1.807) is 24.3 Å². The van der Waals surface area contributed by atoms with Gasteiger partial charge in [0.1, 0.15) is 0 Å². The van der Waals surface area contributed by atoms with Crippen molar-refractivity contribution in [1.29, 1.82) is 0 Å². The van der Waals surface area contributed by atoms with Crippen molar-refractivity contribution in [2.75, 3.05) is 10.6 Å². The van der Waals surface area contributed by atoms with Gasteiger partial charge in [0.05, 0.1) is 6.04 Å². The Morgan fingerprint density at radius 1 is 1.00 bits per heavy atom. The number of hydrogen-bond donors (Lipinski definition) is 3. The van der Waals surface area contributed by atoms with Crippen LogP contribution in [0.15, 0.2) is 24.3 Å². The van der Waals surface area contributed by atoms with E-state index in [1.807, 2.05) is 27.7 Å². The first-order valence-electron chi connectivity index (χ1n) is 6.78. The van der Waals surface area contributed by atoms with E-state index in [-0.39, 0.29) is 23.7 Å². The Morgan fingerprint density at radius 2 is 1.50 bits per heavy atom. The normalized spacial score (nSPS) is 12.3. The van der Waals surface area contributed by atoms with E-state index >= 15 is 0 Å². The van der Waals surface area contributed by atoms with Gasteiger partial charge in [-0.15, -0.1) is 0 Å². The van der Waals surface area contributed by atoms with Crippen molar-refractivity contribution >= 4 is 23.2 Å². The van der Waals surface area contributed by atoms with E-state index in [2.05, 4.69) is 10.6 Å². The fraction of sp³-hybridized carbons (Fsp3) is 0.467. The third kappa shape index (κ3) is 4.66. The molecule has 5 nitrogen and oxygen atoms in total. The number of anilines is 2. The van der Waals surface area contributed by atoms with Gasteiger partial charge >= 0.3 is 0 Å². The second kappa shape index (κ2) is 7.05. The molecule has 0 aliphatic carbocycles. The fourth-order valence-electron chi connectivity index (χ4n) is 1.49. The van der Waals surface area contributed by atoms with Crippen LogP contribution in [0.3, 0.4) is 0 Å².